The number of aryl methyl sites for hydroxylation is 2. The quantitative estimate of drug-likeness (QED) is 0.631. The molecule has 0 aliphatic rings. The van der Waals surface area contributed by atoms with Gasteiger partial charge in [-0.1, -0.05) is 54.1 Å². The van der Waals surface area contributed by atoms with Crippen molar-refractivity contribution in [3.8, 4) is 0 Å². The van der Waals surface area contributed by atoms with Gasteiger partial charge in [-0.2, -0.15) is 0 Å². The summed E-state index contributed by atoms with van der Waals surface area (Å²) in [6, 6.07) is 19.7. The second kappa shape index (κ2) is 8.99. The van der Waals surface area contributed by atoms with Gasteiger partial charge in [0.15, 0.2) is 0 Å². The van der Waals surface area contributed by atoms with Crippen molar-refractivity contribution in [3.05, 3.63) is 105 Å². The maximum absolute atomic E-state index is 12.9. The summed E-state index contributed by atoms with van der Waals surface area (Å²) in [5.41, 5.74) is 6.41. The van der Waals surface area contributed by atoms with Gasteiger partial charge in [-0.3, -0.25) is 15.0 Å². The van der Waals surface area contributed by atoms with E-state index in [9.17, 15) is 14.4 Å². The van der Waals surface area contributed by atoms with Crippen LogP contribution in [0.25, 0.3) is 0 Å². The molecule has 0 saturated heterocycles. The largest absolute Gasteiger partial charge is 0.364 e. The number of nitrogens with zero attached hydrogens (tertiary/aromatic N) is 1. The van der Waals surface area contributed by atoms with E-state index in [-0.39, 0.29) is 5.56 Å². The maximum atomic E-state index is 12.9. The SMILES string of the molecule is Cc1cc(C)n(Cc2ccccc2)c(=O)c1C(=O)ONNC(=O)c1ccccc1. The molecule has 7 nitrogen and oxygen atoms in total. The summed E-state index contributed by atoms with van der Waals surface area (Å²) in [7, 11) is 0. The number of carbonyl (C=O) groups excluding carboxylic acids is 2. The van der Waals surface area contributed by atoms with E-state index in [4.69, 9.17) is 4.84 Å². The van der Waals surface area contributed by atoms with Crippen LogP contribution in [0.1, 0.15) is 37.5 Å². The van der Waals surface area contributed by atoms with E-state index in [0.717, 1.165) is 11.3 Å². The van der Waals surface area contributed by atoms with Crippen LogP contribution in [0.4, 0.5) is 0 Å². The van der Waals surface area contributed by atoms with Crippen molar-refractivity contribution < 1.29 is 14.4 Å². The molecule has 0 radical (unpaired) electrons. The highest BCUT2D eigenvalue weighted by molar-refractivity contribution is 5.94. The van der Waals surface area contributed by atoms with Crippen LogP contribution in [0.3, 0.4) is 0 Å². The Kier molecular flexibility index (Phi) is 6.21. The molecule has 1 heterocycles. The zero-order valence-electron chi connectivity index (χ0n) is 16.1. The summed E-state index contributed by atoms with van der Waals surface area (Å²) in [6.45, 7) is 3.81. The monoisotopic (exact) mass is 391 g/mol. The lowest BCUT2D eigenvalue weighted by molar-refractivity contribution is 0.0134. The first-order valence-corrected chi connectivity index (χ1v) is 9.04. The van der Waals surface area contributed by atoms with Gasteiger partial charge in [0, 0.05) is 11.3 Å². The molecule has 0 bridgehead atoms. The highest BCUT2D eigenvalue weighted by Crippen LogP contribution is 2.10. The number of hydrogen-bond acceptors (Lipinski definition) is 5. The van der Waals surface area contributed by atoms with Crippen molar-refractivity contribution in [1.82, 2.24) is 15.6 Å². The fourth-order valence-electron chi connectivity index (χ4n) is 2.97. The molecule has 0 spiro atoms. The summed E-state index contributed by atoms with van der Waals surface area (Å²) < 4.78 is 1.52. The molecule has 0 saturated carbocycles. The fraction of sp³-hybridized carbons (Fsp3) is 0.136. The van der Waals surface area contributed by atoms with Gasteiger partial charge in [-0.15, -0.1) is 0 Å². The molecule has 1 amide bonds. The Morgan fingerprint density at radius 1 is 0.966 bits per heavy atom. The molecule has 29 heavy (non-hydrogen) atoms. The maximum Gasteiger partial charge on any atom is 0.364 e. The summed E-state index contributed by atoms with van der Waals surface area (Å²) in [5.74, 6) is -1.34. The molecule has 0 atom stereocenters. The van der Waals surface area contributed by atoms with E-state index in [2.05, 4.69) is 11.0 Å². The summed E-state index contributed by atoms with van der Waals surface area (Å²) in [5, 5.41) is 0. The van der Waals surface area contributed by atoms with Gasteiger partial charge in [0.1, 0.15) is 5.56 Å². The number of amides is 1. The summed E-state index contributed by atoms with van der Waals surface area (Å²) >= 11 is 0. The Balaban J connectivity index is 1.74. The Morgan fingerprint density at radius 3 is 2.24 bits per heavy atom. The number of rotatable bonds is 6. The molecule has 148 valence electrons. The number of hydrazine groups is 1. The van der Waals surface area contributed by atoms with Crippen LogP contribution in [0.2, 0.25) is 0 Å². The van der Waals surface area contributed by atoms with Crippen molar-refractivity contribution in [2.45, 2.75) is 20.4 Å². The highest BCUT2D eigenvalue weighted by atomic mass is 16.7. The molecule has 2 aromatic carbocycles. The van der Waals surface area contributed by atoms with Gasteiger partial charge in [-0.05, 0) is 43.2 Å². The molecule has 3 rings (SSSR count). The Labute approximate surface area is 167 Å². The Hall–Kier alpha value is -3.71. The number of hydrogen-bond donors (Lipinski definition) is 2. The topological polar surface area (TPSA) is 89.4 Å². The van der Waals surface area contributed by atoms with E-state index >= 15 is 0 Å². The minimum atomic E-state index is -0.873. The normalized spacial score (nSPS) is 10.4. The zero-order chi connectivity index (χ0) is 20.8. The van der Waals surface area contributed by atoms with E-state index in [1.54, 1.807) is 43.3 Å². The van der Waals surface area contributed by atoms with E-state index in [1.165, 1.54) is 4.57 Å². The average Bonchev–Trinajstić information content (AvgIpc) is 2.72. The van der Waals surface area contributed by atoms with Crippen molar-refractivity contribution in [3.63, 3.8) is 0 Å². The number of carbonyl (C=O) groups is 2. The minimum Gasteiger partial charge on any atom is -0.346 e. The highest BCUT2D eigenvalue weighted by Gasteiger charge is 2.20. The molecule has 1 aromatic heterocycles. The van der Waals surface area contributed by atoms with E-state index < -0.39 is 17.4 Å². The van der Waals surface area contributed by atoms with Gasteiger partial charge in [0.2, 0.25) is 0 Å². The lowest BCUT2D eigenvalue weighted by Gasteiger charge is -2.14. The number of benzene rings is 2. The third-order valence-corrected chi connectivity index (χ3v) is 4.44. The molecule has 0 unspecified atom stereocenters. The van der Waals surface area contributed by atoms with Gasteiger partial charge < -0.3 is 9.40 Å². The van der Waals surface area contributed by atoms with Crippen LogP contribution in [-0.4, -0.2) is 16.4 Å². The second-order valence-corrected chi connectivity index (χ2v) is 6.53. The first-order chi connectivity index (χ1) is 14.0. The van der Waals surface area contributed by atoms with E-state index in [0.29, 0.717) is 17.7 Å². The first kappa shape index (κ1) is 20.0. The molecule has 3 aromatic rings. The van der Waals surface area contributed by atoms with E-state index in [1.807, 2.05) is 37.3 Å². The van der Waals surface area contributed by atoms with Crippen LogP contribution in [0, 0.1) is 13.8 Å². The van der Waals surface area contributed by atoms with Crippen molar-refractivity contribution >= 4 is 11.9 Å². The first-order valence-electron chi connectivity index (χ1n) is 9.04. The molecule has 0 aliphatic heterocycles. The third kappa shape index (κ3) is 4.77. The number of aromatic nitrogens is 1. The Bertz CT molecular complexity index is 1080. The molecule has 0 fully saturated rings. The van der Waals surface area contributed by atoms with Crippen LogP contribution < -0.4 is 16.6 Å². The van der Waals surface area contributed by atoms with Crippen LogP contribution in [0.5, 0.6) is 0 Å². The standard InChI is InChI=1S/C22H21N3O4/c1-15-13-16(2)25(14-17-9-5-3-6-10-17)21(27)19(15)22(28)29-24-23-20(26)18-11-7-4-8-12-18/h3-13,24H,14H2,1-2H3,(H,23,26). The molecule has 0 aliphatic carbocycles. The summed E-state index contributed by atoms with van der Waals surface area (Å²) in [4.78, 5) is 42.3. The minimum absolute atomic E-state index is 0.0898. The van der Waals surface area contributed by atoms with Gasteiger partial charge in [0.25, 0.3) is 11.5 Å². The Morgan fingerprint density at radius 2 is 1.59 bits per heavy atom. The van der Waals surface area contributed by atoms with Crippen LogP contribution in [-0.2, 0) is 11.4 Å². The average molecular weight is 391 g/mol. The zero-order valence-corrected chi connectivity index (χ0v) is 16.1. The van der Waals surface area contributed by atoms with Crippen molar-refractivity contribution in [2.24, 2.45) is 0 Å². The molecular weight excluding hydrogens is 370 g/mol. The predicted molar refractivity (Wildman–Crippen MR) is 108 cm³/mol. The fourth-order valence-corrected chi connectivity index (χ4v) is 2.97. The predicted octanol–water partition coefficient (Wildman–Crippen LogP) is 2.52. The van der Waals surface area contributed by atoms with Gasteiger partial charge >= 0.3 is 5.97 Å². The molecule has 7 heteroatoms. The summed E-state index contributed by atoms with van der Waals surface area (Å²) in [6.07, 6.45) is 0. The molecular formula is C22H21N3O4. The number of pyridine rings is 1. The van der Waals surface area contributed by atoms with Crippen molar-refractivity contribution in [1.29, 1.82) is 0 Å². The van der Waals surface area contributed by atoms with Gasteiger partial charge in [0.05, 0.1) is 6.54 Å². The smallest absolute Gasteiger partial charge is 0.346 e. The lowest BCUT2D eigenvalue weighted by atomic mass is 10.1. The molecule has 2 N–H and O–H groups in total. The van der Waals surface area contributed by atoms with Crippen LogP contribution >= 0.6 is 0 Å². The van der Waals surface area contributed by atoms with Crippen LogP contribution in [0.15, 0.2) is 71.5 Å². The van der Waals surface area contributed by atoms with Crippen molar-refractivity contribution in [2.75, 3.05) is 0 Å². The second-order valence-electron chi connectivity index (χ2n) is 6.53. The van der Waals surface area contributed by atoms with Gasteiger partial charge in [-0.25, -0.2) is 4.79 Å². The lowest BCUT2D eigenvalue weighted by Crippen LogP contribution is -2.40. The number of nitrogens with one attached hydrogen (secondary N) is 2. The third-order valence-electron chi connectivity index (χ3n) is 4.44.